The van der Waals surface area contributed by atoms with Gasteiger partial charge in [-0.3, -0.25) is 4.79 Å². The molecule has 0 aliphatic heterocycles. The smallest absolute Gasteiger partial charge is 0.295 e. The summed E-state index contributed by atoms with van der Waals surface area (Å²) in [7, 11) is 0. The Morgan fingerprint density at radius 2 is 2.23 bits per heavy atom. The maximum absolute atomic E-state index is 10.9. The molecule has 3 heteroatoms. The minimum absolute atomic E-state index is 0.0750. The molecule has 1 saturated carbocycles. The number of terminal acetylenes is 1. The predicted octanol–water partition coefficient (Wildman–Crippen LogP) is 0.253. The van der Waals surface area contributed by atoms with Crippen molar-refractivity contribution >= 4 is 5.91 Å². The maximum atomic E-state index is 10.9. The van der Waals surface area contributed by atoms with E-state index in [0.29, 0.717) is 12.5 Å². The van der Waals surface area contributed by atoms with Gasteiger partial charge in [0.15, 0.2) is 0 Å². The lowest BCUT2D eigenvalue weighted by molar-refractivity contribution is -0.116. The van der Waals surface area contributed by atoms with E-state index < -0.39 is 0 Å². The normalized spacial score (nSPS) is 19.4. The van der Waals surface area contributed by atoms with Crippen LogP contribution < -0.4 is 11.1 Å². The van der Waals surface area contributed by atoms with Crippen molar-refractivity contribution in [3.63, 3.8) is 0 Å². The topological polar surface area (TPSA) is 55.1 Å². The summed E-state index contributed by atoms with van der Waals surface area (Å²) in [5.41, 5.74) is 5.57. The number of nitrogens with one attached hydrogen (secondary N) is 1. The molecule has 1 amide bonds. The second-order valence-electron chi connectivity index (χ2n) is 3.50. The van der Waals surface area contributed by atoms with E-state index in [1.165, 1.54) is 12.8 Å². The number of carbonyl (C=O) groups excluding carboxylic acids is 1. The SMILES string of the molecule is C#CC(=O)NC(CN)C1CCCC1. The van der Waals surface area contributed by atoms with Crippen LogP contribution in [0.25, 0.3) is 0 Å². The fourth-order valence-corrected chi connectivity index (χ4v) is 1.94. The van der Waals surface area contributed by atoms with Crippen LogP contribution >= 0.6 is 0 Å². The second-order valence-corrected chi connectivity index (χ2v) is 3.50. The van der Waals surface area contributed by atoms with Gasteiger partial charge in [0.2, 0.25) is 0 Å². The molecule has 3 nitrogen and oxygen atoms in total. The van der Waals surface area contributed by atoms with E-state index in [-0.39, 0.29) is 11.9 Å². The van der Waals surface area contributed by atoms with Crippen LogP contribution in [0.5, 0.6) is 0 Å². The molecular weight excluding hydrogens is 164 g/mol. The molecule has 1 aliphatic rings. The van der Waals surface area contributed by atoms with Crippen molar-refractivity contribution in [1.29, 1.82) is 0 Å². The zero-order valence-electron chi connectivity index (χ0n) is 7.75. The number of carbonyl (C=O) groups is 1. The van der Waals surface area contributed by atoms with Crippen LogP contribution in [0, 0.1) is 18.3 Å². The first-order chi connectivity index (χ1) is 6.27. The van der Waals surface area contributed by atoms with Gasteiger partial charge in [0.05, 0.1) is 0 Å². The van der Waals surface area contributed by atoms with Crippen molar-refractivity contribution in [3.8, 4) is 12.3 Å². The Bertz CT molecular complexity index is 213. The summed E-state index contributed by atoms with van der Waals surface area (Å²) in [4.78, 5) is 10.9. The van der Waals surface area contributed by atoms with E-state index in [9.17, 15) is 4.79 Å². The Hall–Kier alpha value is -1.01. The van der Waals surface area contributed by atoms with Gasteiger partial charge in [0.25, 0.3) is 5.91 Å². The highest BCUT2D eigenvalue weighted by atomic mass is 16.1. The highest BCUT2D eigenvalue weighted by Gasteiger charge is 2.24. The number of hydrogen-bond acceptors (Lipinski definition) is 2. The van der Waals surface area contributed by atoms with Crippen LogP contribution in [0.3, 0.4) is 0 Å². The predicted molar refractivity (Wildman–Crippen MR) is 51.8 cm³/mol. The second kappa shape index (κ2) is 4.88. The van der Waals surface area contributed by atoms with Gasteiger partial charge in [-0.1, -0.05) is 12.8 Å². The summed E-state index contributed by atoms with van der Waals surface area (Å²) in [6.45, 7) is 0.484. The molecule has 13 heavy (non-hydrogen) atoms. The first kappa shape index (κ1) is 10.1. The summed E-state index contributed by atoms with van der Waals surface area (Å²) < 4.78 is 0. The molecule has 0 bridgehead atoms. The first-order valence-corrected chi connectivity index (χ1v) is 4.75. The van der Waals surface area contributed by atoms with Crippen LogP contribution in [0.4, 0.5) is 0 Å². The third kappa shape index (κ3) is 2.74. The van der Waals surface area contributed by atoms with Crippen LogP contribution in [0.2, 0.25) is 0 Å². The Morgan fingerprint density at radius 1 is 1.62 bits per heavy atom. The van der Waals surface area contributed by atoms with Gasteiger partial charge in [-0.05, 0) is 24.7 Å². The summed E-state index contributed by atoms with van der Waals surface area (Å²) >= 11 is 0. The van der Waals surface area contributed by atoms with Crippen molar-refractivity contribution in [3.05, 3.63) is 0 Å². The highest BCUT2D eigenvalue weighted by Crippen LogP contribution is 2.27. The van der Waals surface area contributed by atoms with Gasteiger partial charge in [-0.15, -0.1) is 6.42 Å². The average molecular weight is 180 g/mol. The van der Waals surface area contributed by atoms with Crippen molar-refractivity contribution in [1.82, 2.24) is 5.32 Å². The Kier molecular flexibility index (Phi) is 3.78. The quantitative estimate of drug-likeness (QED) is 0.612. The van der Waals surface area contributed by atoms with Crippen LogP contribution in [-0.2, 0) is 4.79 Å². The fourth-order valence-electron chi connectivity index (χ4n) is 1.94. The third-order valence-electron chi connectivity index (χ3n) is 2.67. The first-order valence-electron chi connectivity index (χ1n) is 4.75. The van der Waals surface area contributed by atoms with E-state index >= 15 is 0 Å². The van der Waals surface area contributed by atoms with Gasteiger partial charge in [0, 0.05) is 12.6 Å². The van der Waals surface area contributed by atoms with Crippen LogP contribution in [-0.4, -0.2) is 18.5 Å². The molecule has 1 atom stereocenters. The molecule has 0 saturated heterocycles. The minimum Gasteiger partial charge on any atom is -0.341 e. The molecule has 72 valence electrons. The largest absolute Gasteiger partial charge is 0.341 e. The zero-order chi connectivity index (χ0) is 9.68. The number of rotatable bonds is 3. The lowest BCUT2D eigenvalue weighted by Crippen LogP contribution is -2.44. The summed E-state index contributed by atoms with van der Waals surface area (Å²) in [6.07, 6.45) is 9.78. The Balaban J connectivity index is 2.42. The van der Waals surface area contributed by atoms with Gasteiger partial charge < -0.3 is 11.1 Å². The minimum atomic E-state index is -0.345. The van der Waals surface area contributed by atoms with Crippen molar-refractivity contribution in [2.45, 2.75) is 31.7 Å². The Morgan fingerprint density at radius 3 is 2.69 bits per heavy atom. The molecule has 0 aromatic rings. The van der Waals surface area contributed by atoms with Crippen molar-refractivity contribution < 1.29 is 4.79 Å². The molecule has 1 fully saturated rings. The van der Waals surface area contributed by atoms with Gasteiger partial charge in [0.1, 0.15) is 0 Å². The third-order valence-corrected chi connectivity index (χ3v) is 2.67. The highest BCUT2D eigenvalue weighted by molar-refractivity contribution is 5.93. The molecule has 0 radical (unpaired) electrons. The van der Waals surface area contributed by atoms with E-state index in [1.54, 1.807) is 0 Å². The lowest BCUT2D eigenvalue weighted by Gasteiger charge is -2.21. The number of amides is 1. The van der Waals surface area contributed by atoms with E-state index in [4.69, 9.17) is 12.2 Å². The van der Waals surface area contributed by atoms with Crippen LogP contribution in [0.1, 0.15) is 25.7 Å². The van der Waals surface area contributed by atoms with E-state index in [1.807, 2.05) is 5.92 Å². The lowest BCUT2D eigenvalue weighted by atomic mass is 9.98. The van der Waals surface area contributed by atoms with E-state index in [0.717, 1.165) is 12.8 Å². The zero-order valence-corrected chi connectivity index (χ0v) is 7.75. The maximum Gasteiger partial charge on any atom is 0.295 e. The molecular formula is C10H16N2O. The molecule has 0 spiro atoms. The number of hydrogen-bond donors (Lipinski definition) is 2. The monoisotopic (exact) mass is 180 g/mol. The molecule has 0 heterocycles. The molecule has 1 rings (SSSR count). The molecule has 1 aliphatic carbocycles. The van der Waals surface area contributed by atoms with Crippen molar-refractivity contribution in [2.24, 2.45) is 11.7 Å². The summed E-state index contributed by atoms with van der Waals surface area (Å²) in [6, 6.07) is 0.0750. The molecule has 0 aromatic carbocycles. The molecule has 0 aromatic heterocycles. The molecule has 3 N–H and O–H groups in total. The average Bonchev–Trinajstić information content (AvgIpc) is 2.66. The summed E-state index contributed by atoms with van der Waals surface area (Å²) in [5.74, 6) is 2.23. The standard InChI is InChI=1S/C10H16N2O/c1-2-10(13)12-9(7-11)8-5-3-4-6-8/h1,8-9H,3-7,11H2,(H,12,13). The van der Waals surface area contributed by atoms with Crippen molar-refractivity contribution in [2.75, 3.05) is 6.54 Å². The van der Waals surface area contributed by atoms with Gasteiger partial charge in [-0.25, -0.2) is 0 Å². The molecule has 1 unspecified atom stereocenters. The fraction of sp³-hybridized carbons (Fsp3) is 0.700. The van der Waals surface area contributed by atoms with Gasteiger partial charge in [-0.2, -0.15) is 0 Å². The van der Waals surface area contributed by atoms with E-state index in [2.05, 4.69) is 5.32 Å². The van der Waals surface area contributed by atoms with Gasteiger partial charge >= 0.3 is 0 Å². The Labute approximate surface area is 79.1 Å². The number of nitrogens with two attached hydrogens (primary N) is 1. The summed E-state index contributed by atoms with van der Waals surface area (Å²) in [5, 5.41) is 2.76. The van der Waals surface area contributed by atoms with Crippen LogP contribution in [0.15, 0.2) is 0 Å².